The number of carbonyl (C=O) groups excluding carboxylic acids is 5. The molecule has 39 heavy (non-hydrogen) atoms. The lowest BCUT2D eigenvalue weighted by Gasteiger charge is -2.34. The largest absolute Gasteiger partial charge is 0.369 e. The lowest BCUT2D eigenvalue weighted by Crippen LogP contribution is -2.54. The first-order valence-corrected chi connectivity index (χ1v) is 12.9. The van der Waals surface area contributed by atoms with Crippen LogP contribution in [-0.2, 0) is 20.9 Å². The van der Waals surface area contributed by atoms with Crippen LogP contribution in [0.3, 0.4) is 0 Å². The molecule has 0 radical (unpaired) electrons. The number of fused-ring (bicyclic) bond motifs is 1. The molecule has 1 aromatic carbocycles. The number of aromatic nitrogens is 2. The van der Waals surface area contributed by atoms with Gasteiger partial charge in [-0.05, 0) is 51.4 Å². The maximum absolute atomic E-state index is 15.2. The molecule has 12 nitrogen and oxygen atoms in total. The molecule has 2 aromatic rings. The van der Waals surface area contributed by atoms with Gasteiger partial charge in [-0.25, -0.2) is 4.39 Å². The van der Waals surface area contributed by atoms with E-state index in [0.29, 0.717) is 25.3 Å². The van der Waals surface area contributed by atoms with Gasteiger partial charge in [0.1, 0.15) is 11.9 Å². The lowest BCUT2D eigenvalue weighted by atomic mass is 9.96. The number of hydrogen-bond acceptors (Lipinski definition) is 8. The van der Waals surface area contributed by atoms with Crippen LogP contribution in [-0.4, -0.2) is 88.9 Å². The summed E-state index contributed by atoms with van der Waals surface area (Å²) in [5.74, 6) is -2.99. The van der Waals surface area contributed by atoms with E-state index >= 15 is 4.39 Å². The molecule has 1 unspecified atom stereocenters. The fraction of sp³-hybridized carbons (Fsp3) is 0.462. The Morgan fingerprint density at radius 1 is 1.10 bits per heavy atom. The Bertz CT molecular complexity index is 1350. The zero-order valence-corrected chi connectivity index (χ0v) is 21.8. The number of likely N-dealkylation sites (N-methyl/N-ethyl adjacent to an activating group) is 1. The highest BCUT2D eigenvalue weighted by atomic mass is 19.1. The number of nitrogens with zero attached hydrogens (tertiary/aromatic N) is 5. The number of carbonyl (C=O) groups is 5. The van der Waals surface area contributed by atoms with E-state index in [9.17, 15) is 24.0 Å². The first kappa shape index (κ1) is 26.5. The number of hydrogen-bond donors (Lipinski definition) is 2. The Balaban J connectivity index is 1.22. The van der Waals surface area contributed by atoms with E-state index in [1.807, 2.05) is 19.0 Å². The molecule has 0 saturated carbocycles. The van der Waals surface area contributed by atoms with Gasteiger partial charge in [0.25, 0.3) is 11.8 Å². The molecule has 0 aliphatic carbocycles. The third-order valence-electron chi connectivity index (χ3n) is 7.28. The fourth-order valence-corrected chi connectivity index (χ4v) is 5.36. The molecule has 0 bridgehead atoms. The van der Waals surface area contributed by atoms with Crippen molar-refractivity contribution in [2.75, 3.05) is 43.9 Å². The van der Waals surface area contributed by atoms with Crippen LogP contribution in [0.2, 0.25) is 0 Å². The number of halogens is 1. The van der Waals surface area contributed by atoms with Crippen molar-refractivity contribution in [3.8, 4) is 0 Å². The molecule has 2 N–H and O–H groups in total. The molecule has 1 aromatic heterocycles. The Labute approximate surface area is 224 Å². The lowest BCUT2D eigenvalue weighted by molar-refractivity contribution is -0.136. The normalized spacial score (nSPS) is 20.1. The molecular formula is C26H30FN7O5. The smallest absolute Gasteiger partial charge is 0.262 e. The van der Waals surface area contributed by atoms with E-state index in [1.54, 1.807) is 22.0 Å². The zero-order valence-electron chi connectivity index (χ0n) is 21.8. The zero-order chi connectivity index (χ0) is 27.8. The molecule has 5 rings (SSSR count). The second-order valence-electron chi connectivity index (χ2n) is 10.5. The number of nitrogens with one attached hydrogen (secondary N) is 2. The van der Waals surface area contributed by atoms with E-state index in [1.165, 1.54) is 6.07 Å². The topological polar surface area (TPSA) is 137 Å². The van der Waals surface area contributed by atoms with Gasteiger partial charge in [0.05, 0.1) is 35.2 Å². The van der Waals surface area contributed by atoms with Gasteiger partial charge in [0.15, 0.2) is 0 Å². The van der Waals surface area contributed by atoms with E-state index < -0.39 is 35.5 Å². The van der Waals surface area contributed by atoms with Crippen molar-refractivity contribution in [1.82, 2.24) is 24.9 Å². The summed E-state index contributed by atoms with van der Waals surface area (Å²) in [4.78, 5) is 66.2. The average molecular weight is 540 g/mol. The van der Waals surface area contributed by atoms with Gasteiger partial charge < -0.3 is 15.1 Å². The molecule has 206 valence electrons. The fourth-order valence-electron chi connectivity index (χ4n) is 5.36. The molecule has 13 heteroatoms. The van der Waals surface area contributed by atoms with Crippen molar-refractivity contribution in [2.45, 2.75) is 38.3 Å². The molecule has 1 atom stereocenters. The van der Waals surface area contributed by atoms with Gasteiger partial charge >= 0.3 is 0 Å². The minimum absolute atomic E-state index is 0.0172. The Morgan fingerprint density at radius 3 is 2.46 bits per heavy atom. The van der Waals surface area contributed by atoms with Gasteiger partial charge in [0.2, 0.25) is 17.7 Å². The predicted octanol–water partition coefficient (Wildman–Crippen LogP) is 0.840. The monoisotopic (exact) mass is 539 g/mol. The molecule has 5 amide bonds. The van der Waals surface area contributed by atoms with Crippen LogP contribution in [0.4, 0.5) is 15.8 Å². The average Bonchev–Trinajstić information content (AvgIpc) is 3.40. The van der Waals surface area contributed by atoms with Crippen LogP contribution < -0.4 is 15.5 Å². The molecular weight excluding hydrogens is 509 g/mol. The summed E-state index contributed by atoms with van der Waals surface area (Å²) in [5, 5.41) is 9.31. The molecule has 3 aliphatic heterocycles. The summed E-state index contributed by atoms with van der Waals surface area (Å²) in [5.41, 5.74) is 0.852. The number of amides is 5. The Morgan fingerprint density at radius 2 is 1.79 bits per heavy atom. The van der Waals surface area contributed by atoms with Crippen molar-refractivity contribution >= 4 is 40.9 Å². The number of piperidine rings is 2. The summed E-state index contributed by atoms with van der Waals surface area (Å²) in [6.07, 6.45) is 4.97. The van der Waals surface area contributed by atoms with Crippen molar-refractivity contribution < 1.29 is 28.4 Å². The van der Waals surface area contributed by atoms with Crippen molar-refractivity contribution in [3.63, 3.8) is 0 Å². The van der Waals surface area contributed by atoms with Crippen molar-refractivity contribution in [1.29, 1.82) is 0 Å². The van der Waals surface area contributed by atoms with Crippen molar-refractivity contribution in [3.05, 3.63) is 41.5 Å². The number of anilines is 2. The minimum atomic E-state index is -1.10. The minimum Gasteiger partial charge on any atom is -0.369 e. The highest BCUT2D eigenvalue weighted by molar-refractivity contribution is 6.23. The van der Waals surface area contributed by atoms with Gasteiger partial charge in [0, 0.05) is 32.3 Å². The highest BCUT2D eigenvalue weighted by Gasteiger charge is 2.45. The highest BCUT2D eigenvalue weighted by Crippen LogP contribution is 2.34. The number of imide groups is 2. The SMILES string of the molecule is CN(C)CC(=O)Nc1cnn(CC2CCN(c3cc4c(cc3F)C(=O)N(C3CCC(=O)NC3=O)C4=O)CC2)c1. The van der Waals surface area contributed by atoms with Crippen molar-refractivity contribution in [2.24, 2.45) is 5.92 Å². The van der Waals surface area contributed by atoms with Gasteiger partial charge in [-0.1, -0.05) is 0 Å². The maximum atomic E-state index is 15.2. The maximum Gasteiger partial charge on any atom is 0.262 e. The number of benzene rings is 1. The third-order valence-corrected chi connectivity index (χ3v) is 7.28. The van der Waals surface area contributed by atoms with Crippen LogP contribution in [0.1, 0.15) is 46.4 Å². The third kappa shape index (κ3) is 5.39. The number of rotatable bonds is 7. The second kappa shape index (κ2) is 10.6. The van der Waals surface area contributed by atoms with Crippen LogP contribution in [0, 0.1) is 11.7 Å². The van der Waals surface area contributed by atoms with Crippen LogP contribution in [0.25, 0.3) is 0 Å². The Hall–Kier alpha value is -4.13. The predicted molar refractivity (Wildman–Crippen MR) is 137 cm³/mol. The van der Waals surface area contributed by atoms with Crippen LogP contribution in [0.5, 0.6) is 0 Å². The quantitative estimate of drug-likeness (QED) is 0.494. The standard InChI is InChI=1S/C26H30FN7O5/c1-31(2)14-23(36)29-16-11-28-33(13-16)12-15-5-7-32(8-6-15)21-10-18-17(9-19(21)27)25(38)34(26(18)39)20-3-4-22(35)30-24(20)37/h9-11,13,15,20H,3-8,12,14H2,1-2H3,(H,29,36)(H,30,35,37). The molecule has 2 saturated heterocycles. The molecule has 0 spiro atoms. The van der Waals surface area contributed by atoms with Crippen LogP contribution >= 0.6 is 0 Å². The van der Waals surface area contributed by atoms with E-state index in [0.717, 1.165) is 23.8 Å². The summed E-state index contributed by atoms with van der Waals surface area (Å²) in [7, 11) is 3.63. The van der Waals surface area contributed by atoms with E-state index in [2.05, 4.69) is 15.7 Å². The summed E-state index contributed by atoms with van der Waals surface area (Å²) in [6, 6.07) is 1.37. The molecule has 4 heterocycles. The van der Waals surface area contributed by atoms with E-state index in [4.69, 9.17) is 0 Å². The summed E-state index contributed by atoms with van der Waals surface area (Å²) < 4.78 is 16.9. The Kier molecular flexibility index (Phi) is 7.17. The first-order chi connectivity index (χ1) is 18.6. The molecule has 2 fully saturated rings. The summed E-state index contributed by atoms with van der Waals surface area (Å²) in [6.45, 7) is 2.02. The first-order valence-electron chi connectivity index (χ1n) is 12.9. The van der Waals surface area contributed by atoms with E-state index in [-0.39, 0.29) is 48.0 Å². The van der Waals surface area contributed by atoms with Gasteiger partial charge in [-0.15, -0.1) is 0 Å². The van der Waals surface area contributed by atoms with Gasteiger partial charge in [-0.2, -0.15) is 5.10 Å². The van der Waals surface area contributed by atoms with Crippen LogP contribution in [0.15, 0.2) is 24.5 Å². The summed E-state index contributed by atoms with van der Waals surface area (Å²) >= 11 is 0. The molecule has 3 aliphatic rings. The van der Waals surface area contributed by atoms with Gasteiger partial charge in [-0.3, -0.25) is 38.9 Å². The second-order valence-corrected chi connectivity index (χ2v) is 10.5.